The number of piperazine rings is 1. The maximum Gasteiger partial charge on any atom is 0.194 e. The average Bonchev–Trinajstić information content (AvgIpc) is 2.96. The van der Waals surface area contributed by atoms with E-state index < -0.39 is 0 Å². The first-order chi connectivity index (χ1) is 13.0. The lowest BCUT2D eigenvalue weighted by molar-refractivity contribution is 0.0443. The summed E-state index contributed by atoms with van der Waals surface area (Å²) in [6.07, 6.45) is 2.31. The first kappa shape index (κ1) is 21.6. The van der Waals surface area contributed by atoms with E-state index in [1.54, 1.807) is 7.11 Å². The number of aliphatic imine (C=N–C) groups is 1. The minimum Gasteiger partial charge on any atom is -0.383 e. The van der Waals surface area contributed by atoms with Crippen molar-refractivity contribution >= 4 is 5.96 Å². The zero-order valence-corrected chi connectivity index (χ0v) is 17.9. The highest BCUT2D eigenvalue weighted by atomic mass is 16.5. The molecule has 2 heterocycles. The standard InChI is InChI=1S/C19H37N7O/c1-7-8-9-20-19(21-12-18-23-22-17(4)24(18)5)25-13-15(2)26(10-11-27-6)16(3)14-25/h15-16H,7-14H2,1-6H3,(H,20,21). The summed E-state index contributed by atoms with van der Waals surface area (Å²) < 4.78 is 7.28. The monoisotopic (exact) mass is 379 g/mol. The van der Waals surface area contributed by atoms with Crippen molar-refractivity contribution in [2.45, 2.75) is 59.2 Å². The van der Waals surface area contributed by atoms with Crippen molar-refractivity contribution in [3.8, 4) is 0 Å². The van der Waals surface area contributed by atoms with Gasteiger partial charge in [0.2, 0.25) is 0 Å². The Morgan fingerprint density at radius 2 is 1.96 bits per heavy atom. The molecule has 0 aromatic carbocycles. The number of aromatic nitrogens is 3. The number of nitrogens with zero attached hydrogens (tertiary/aromatic N) is 6. The second-order valence-electron chi connectivity index (χ2n) is 7.48. The molecule has 2 unspecified atom stereocenters. The Labute approximate surface area is 164 Å². The minimum absolute atomic E-state index is 0.458. The largest absolute Gasteiger partial charge is 0.383 e. The maximum absolute atomic E-state index is 5.28. The van der Waals surface area contributed by atoms with Gasteiger partial charge in [-0.2, -0.15) is 0 Å². The zero-order valence-electron chi connectivity index (χ0n) is 17.9. The predicted molar refractivity (Wildman–Crippen MR) is 109 cm³/mol. The molecule has 0 amide bonds. The molecule has 0 bridgehead atoms. The molecule has 0 spiro atoms. The van der Waals surface area contributed by atoms with Gasteiger partial charge in [-0.15, -0.1) is 10.2 Å². The van der Waals surface area contributed by atoms with Crippen LogP contribution in [0.2, 0.25) is 0 Å². The molecule has 8 nitrogen and oxygen atoms in total. The molecule has 2 atom stereocenters. The van der Waals surface area contributed by atoms with Crippen molar-refractivity contribution in [2.24, 2.45) is 12.0 Å². The first-order valence-electron chi connectivity index (χ1n) is 10.1. The number of hydrogen-bond acceptors (Lipinski definition) is 5. The molecule has 1 N–H and O–H groups in total. The zero-order chi connectivity index (χ0) is 19.8. The summed E-state index contributed by atoms with van der Waals surface area (Å²) in [5, 5.41) is 11.9. The molecular weight excluding hydrogens is 342 g/mol. The van der Waals surface area contributed by atoms with Crippen molar-refractivity contribution in [2.75, 3.05) is 39.9 Å². The normalized spacial score (nSPS) is 21.7. The fraction of sp³-hybridized carbons (Fsp3) is 0.842. The number of guanidine groups is 1. The molecule has 1 aromatic rings. The Hall–Kier alpha value is -1.67. The fourth-order valence-corrected chi connectivity index (χ4v) is 3.55. The second kappa shape index (κ2) is 10.6. The van der Waals surface area contributed by atoms with Crippen LogP contribution in [-0.4, -0.2) is 82.5 Å². The first-order valence-corrected chi connectivity index (χ1v) is 10.1. The van der Waals surface area contributed by atoms with Gasteiger partial charge in [0.05, 0.1) is 6.61 Å². The minimum atomic E-state index is 0.458. The van der Waals surface area contributed by atoms with Gasteiger partial charge in [0.15, 0.2) is 11.8 Å². The molecule has 0 aliphatic carbocycles. The maximum atomic E-state index is 5.28. The molecule has 1 aromatic heterocycles. The van der Waals surface area contributed by atoms with Crippen LogP contribution >= 0.6 is 0 Å². The van der Waals surface area contributed by atoms with Crippen LogP contribution in [0.5, 0.6) is 0 Å². The lowest BCUT2D eigenvalue weighted by Gasteiger charge is -2.45. The lowest BCUT2D eigenvalue weighted by Crippen LogP contribution is -2.60. The summed E-state index contributed by atoms with van der Waals surface area (Å²) >= 11 is 0. The van der Waals surface area contributed by atoms with Crippen LogP contribution in [0.25, 0.3) is 0 Å². The summed E-state index contributed by atoms with van der Waals surface area (Å²) in [6, 6.07) is 0.915. The molecular formula is C19H37N7O. The number of methoxy groups -OCH3 is 1. The fourth-order valence-electron chi connectivity index (χ4n) is 3.55. The third-order valence-corrected chi connectivity index (χ3v) is 5.32. The summed E-state index contributed by atoms with van der Waals surface area (Å²) in [5.74, 6) is 2.78. The quantitative estimate of drug-likeness (QED) is 0.418. The van der Waals surface area contributed by atoms with Crippen LogP contribution in [0.1, 0.15) is 45.3 Å². The van der Waals surface area contributed by atoms with E-state index in [-0.39, 0.29) is 0 Å². The van der Waals surface area contributed by atoms with E-state index in [0.717, 1.165) is 56.8 Å². The molecule has 0 saturated carbocycles. The SMILES string of the molecule is CCCCNC(=NCc1nnc(C)n1C)N1CC(C)N(CCOC)C(C)C1. The molecule has 154 valence electrons. The summed E-state index contributed by atoms with van der Waals surface area (Å²) in [5.41, 5.74) is 0. The predicted octanol–water partition coefficient (Wildman–Crippen LogP) is 1.41. The third-order valence-electron chi connectivity index (χ3n) is 5.32. The average molecular weight is 380 g/mol. The molecule has 2 rings (SSSR count). The van der Waals surface area contributed by atoms with Gasteiger partial charge in [0.1, 0.15) is 12.4 Å². The smallest absolute Gasteiger partial charge is 0.194 e. The number of aryl methyl sites for hydroxylation is 1. The van der Waals surface area contributed by atoms with Gasteiger partial charge in [-0.1, -0.05) is 13.3 Å². The highest BCUT2D eigenvalue weighted by Crippen LogP contribution is 2.16. The van der Waals surface area contributed by atoms with E-state index in [0.29, 0.717) is 18.6 Å². The molecule has 1 aliphatic heterocycles. The Bertz CT molecular complexity index is 589. The van der Waals surface area contributed by atoms with Crippen LogP contribution < -0.4 is 5.32 Å². The van der Waals surface area contributed by atoms with E-state index in [9.17, 15) is 0 Å². The van der Waals surface area contributed by atoms with Crippen LogP contribution in [0.3, 0.4) is 0 Å². The van der Waals surface area contributed by atoms with Crippen molar-refractivity contribution in [3.63, 3.8) is 0 Å². The second-order valence-corrected chi connectivity index (χ2v) is 7.48. The van der Waals surface area contributed by atoms with Crippen LogP contribution in [0.15, 0.2) is 4.99 Å². The summed E-state index contributed by atoms with van der Waals surface area (Å²) in [4.78, 5) is 9.79. The van der Waals surface area contributed by atoms with Gasteiger partial charge < -0.3 is 19.5 Å². The molecule has 1 fully saturated rings. The number of nitrogens with one attached hydrogen (secondary N) is 1. The summed E-state index contributed by atoms with van der Waals surface area (Å²) in [7, 11) is 3.76. The van der Waals surface area contributed by atoms with Gasteiger partial charge >= 0.3 is 0 Å². The highest BCUT2D eigenvalue weighted by molar-refractivity contribution is 5.80. The van der Waals surface area contributed by atoms with Crippen LogP contribution in [0, 0.1) is 6.92 Å². The molecule has 0 radical (unpaired) electrons. The Balaban J connectivity index is 2.08. The number of hydrogen-bond donors (Lipinski definition) is 1. The molecule has 27 heavy (non-hydrogen) atoms. The van der Waals surface area contributed by atoms with E-state index in [1.165, 1.54) is 6.42 Å². The van der Waals surface area contributed by atoms with Crippen LogP contribution in [-0.2, 0) is 18.3 Å². The van der Waals surface area contributed by atoms with E-state index >= 15 is 0 Å². The van der Waals surface area contributed by atoms with Crippen molar-refractivity contribution in [1.29, 1.82) is 0 Å². The lowest BCUT2D eigenvalue weighted by atomic mass is 10.1. The Kier molecular flexibility index (Phi) is 8.50. The molecule has 8 heteroatoms. The summed E-state index contributed by atoms with van der Waals surface area (Å²) in [6.45, 7) is 13.9. The Morgan fingerprint density at radius 1 is 1.26 bits per heavy atom. The van der Waals surface area contributed by atoms with Gasteiger partial charge in [0, 0.05) is 52.4 Å². The van der Waals surface area contributed by atoms with E-state index in [4.69, 9.17) is 9.73 Å². The van der Waals surface area contributed by atoms with Crippen molar-refractivity contribution in [1.82, 2.24) is 29.9 Å². The van der Waals surface area contributed by atoms with E-state index in [2.05, 4.69) is 46.1 Å². The number of ether oxygens (including phenoxy) is 1. The van der Waals surface area contributed by atoms with Crippen molar-refractivity contribution < 1.29 is 4.74 Å². The topological polar surface area (TPSA) is 70.8 Å². The van der Waals surface area contributed by atoms with Gasteiger partial charge in [0.25, 0.3) is 0 Å². The Morgan fingerprint density at radius 3 is 2.52 bits per heavy atom. The number of rotatable bonds is 8. The molecule has 1 saturated heterocycles. The number of unbranched alkanes of at least 4 members (excludes halogenated alkanes) is 1. The molecule has 1 aliphatic rings. The van der Waals surface area contributed by atoms with E-state index in [1.807, 2.05) is 18.5 Å². The van der Waals surface area contributed by atoms with Gasteiger partial charge in [-0.05, 0) is 27.2 Å². The third kappa shape index (κ3) is 5.90. The van der Waals surface area contributed by atoms with Gasteiger partial charge in [-0.3, -0.25) is 4.90 Å². The van der Waals surface area contributed by atoms with Crippen LogP contribution in [0.4, 0.5) is 0 Å². The van der Waals surface area contributed by atoms with Gasteiger partial charge in [-0.25, -0.2) is 4.99 Å². The highest BCUT2D eigenvalue weighted by Gasteiger charge is 2.30. The van der Waals surface area contributed by atoms with Crippen molar-refractivity contribution in [3.05, 3.63) is 11.6 Å².